The highest BCUT2D eigenvalue weighted by atomic mass is 32.2. The maximum absolute atomic E-state index is 12.5. The van der Waals surface area contributed by atoms with Crippen molar-refractivity contribution in [3.8, 4) is 0 Å². The molecule has 0 radical (unpaired) electrons. The fourth-order valence-corrected chi connectivity index (χ4v) is 4.50. The Balaban J connectivity index is 1.74. The number of nitrogens with one attached hydrogen (secondary N) is 1. The average Bonchev–Trinajstić information content (AvgIpc) is 2.63. The first-order valence-electron chi connectivity index (χ1n) is 8.63. The van der Waals surface area contributed by atoms with Crippen molar-refractivity contribution in [2.24, 2.45) is 5.14 Å². The first kappa shape index (κ1) is 20.4. The lowest BCUT2D eigenvalue weighted by Gasteiger charge is -2.28. The molecule has 2 amide bonds. The van der Waals surface area contributed by atoms with Crippen LogP contribution in [0.3, 0.4) is 0 Å². The van der Waals surface area contributed by atoms with E-state index in [0.29, 0.717) is 17.0 Å². The molecule has 3 rings (SSSR count). The van der Waals surface area contributed by atoms with Crippen molar-refractivity contribution in [2.75, 3.05) is 22.5 Å². The minimum Gasteiger partial charge on any atom is -0.326 e. The fourth-order valence-electron chi connectivity index (χ4n) is 2.95. The molecule has 7 nitrogen and oxygen atoms in total. The molecule has 148 valence electrons. The van der Waals surface area contributed by atoms with Gasteiger partial charge in [0.1, 0.15) is 0 Å². The summed E-state index contributed by atoms with van der Waals surface area (Å²) in [5, 5.41) is 7.95. The molecular weight excluding hydrogens is 398 g/mol. The number of nitrogens with zero attached hydrogens (tertiary/aromatic N) is 1. The number of para-hydroxylation sites is 1. The molecule has 2 aromatic rings. The molecular formula is C19H21N3O4S2. The Kier molecular flexibility index (Phi) is 5.78. The van der Waals surface area contributed by atoms with Crippen LogP contribution in [0.5, 0.6) is 0 Å². The molecule has 0 aliphatic carbocycles. The van der Waals surface area contributed by atoms with Crippen molar-refractivity contribution < 1.29 is 18.0 Å². The molecule has 0 unspecified atom stereocenters. The summed E-state index contributed by atoms with van der Waals surface area (Å²) in [7, 11) is -3.88. The molecule has 9 heteroatoms. The Morgan fingerprint density at radius 1 is 1.25 bits per heavy atom. The van der Waals surface area contributed by atoms with Crippen LogP contribution in [0.15, 0.2) is 46.2 Å². The number of anilines is 2. The third-order valence-corrected chi connectivity index (χ3v) is 6.55. The molecule has 0 fully saturated rings. The van der Waals surface area contributed by atoms with Crippen molar-refractivity contribution in [1.29, 1.82) is 0 Å². The summed E-state index contributed by atoms with van der Waals surface area (Å²) >= 11 is 1.48. The Bertz CT molecular complexity index is 1050. The second-order valence-electron chi connectivity index (χ2n) is 6.56. The summed E-state index contributed by atoms with van der Waals surface area (Å²) in [5.41, 5.74) is 2.67. The van der Waals surface area contributed by atoms with Crippen LogP contribution < -0.4 is 15.4 Å². The summed E-state index contributed by atoms with van der Waals surface area (Å²) in [4.78, 5) is 27.3. The maximum Gasteiger partial charge on any atom is 0.238 e. The van der Waals surface area contributed by atoms with E-state index in [1.54, 1.807) is 18.7 Å². The monoisotopic (exact) mass is 419 g/mol. The molecule has 1 aliphatic rings. The molecule has 0 saturated carbocycles. The van der Waals surface area contributed by atoms with Gasteiger partial charge in [0.05, 0.1) is 16.3 Å². The van der Waals surface area contributed by atoms with E-state index in [0.717, 1.165) is 16.1 Å². The number of hydrogen-bond donors (Lipinski definition) is 2. The van der Waals surface area contributed by atoms with E-state index < -0.39 is 10.0 Å². The number of aryl methyl sites for hydroxylation is 1. The maximum atomic E-state index is 12.5. The predicted octanol–water partition coefficient (Wildman–Crippen LogP) is 2.42. The number of hydrogen-bond acceptors (Lipinski definition) is 5. The number of primary sulfonamides is 1. The van der Waals surface area contributed by atoms with Gasteiger partial charge in [-0.05, 0) is 49.2 Å². The van der Waals surface area contributed by atoms with Gasteiger partial charge in [-0.3, -0.25) is 9.59 Å². The highest BCUT2D eigenvalue weighted by molar-refractivity contribution is 8.00. The number of fused-ring (bicyclic) bond motifs is 1. The summed E-state index contributed by atoms with van der Waals surface area (Å²) < 4.78 is 23.3. The zero-order chi connectivity index (χ0) is 20.5. The second kappa shape index (κ2) is 7.94. The number of thioether (sulfide) groups is 1. The highest BCUT2D eigenvalue weighted by Crippen LogP contribution is 2.35. The van der Waals surface area contributed by atoms with E-state index in [1.165, 1.54) is 23.9 Å². The molecule has 0 atom stereocenters. The molecule has 0 spiro atoms. The summed E-state index contributed by atoms with van der Waals surface area (Å²) in [6, 6.07) is 10.4. The first-order valence-corrected chi connectivity index (χ1v) is 11.2. The molecule has 0 aromatic heterocycles. The Morgan fingerprint density at radius 3 is 2.68 bits per heavy atom. The predicted molar refractivity (Wildman–Crippen MR) is 110 cm³/mol. The van der Waals surface area contributed by atoms with E-state index in [1.807, 2.05) is 24.3 Å². The van der Waals surface area contributed by atoms with Gasteiger partial charge < -0.3 is 10.2 Å². The Labute approximate surface area is 168 Å². The molecule has 1 heterocycles. The molecule has 28 heavy (non-hydrogen) atoms. The van der Waals surface area contributed by atoms with Crippen LogP contribution in [-0.4, -0.2) is 32.5 Å². The third kappa shape index (κ3) is 4.37. The number of benzene rings is 2. The van der Waals surface area contributed by atoms with Crippen LogP contribution in [0.1, 0.15) is 17.5 Å². The number of carbonyl (C=O) groups is 2. The van der Waals surface area contributed by atoms with E-state index in [-0.39, 0.29) is 29.7 Å². The summed E-state index contributed by atoms with van der Waals surface area (Å²) in [6.07, 6.45) is 0.0861. The van der Waals surface area contributed by atoms with Gasteiger partial charge in [0, 0.05) is 23.5 Å². The lowest BCUT2D eigenvalue weighted by Crippen LogP contribution is -2.37. The summed E-state index contributed by atoms with van der Waals surface area (Å²) in [6.45, 7) is 3.79. The molecule has 0 saturated heterocycles. The number of rotatable bonds is 5. The lowest BCUT2D eigenvalue weighted by atomic mass is 10.1. The van der Waals surface area contributed by atoms with Gasteiger partial charge in [0.25, 0.3) is 0 Å². The van der Waals surface area contributed by atoms with Crippen molar-refractivity contribution >= 4 is 45.0 Å². The molecule has 0 bridgehead atoms. The Morgan fingerprint density at radius 2 is 1.96 bits per heavy atom. The number of carbonyl (C=O) groups excluding carboxylic acids is 2. The normalized spacial score (nSPS) is 14.0. The van der Waals surface area contributed by atoms with Crippen molar-refractivity contribution in [1.82, 2.24) is 0 Å². The van der Waals surface area contributed by atoms with Gasteiger partial charge in [0.15, 0.2) is 0 Å². The highest BCUT2D eigenvalue weighted by Gasteiger charge is 2.24. The minimum absolute atomic E-state index is 0.0419. The lowest BCUT2D eigenvalue weighted by molar-refractivity contribution is -0.117. The topological polar surface area (TPSA) is 110 Å². The first-order chi connectivity index (χ1) is 13.2. The van der Waals surface area contributed by atoms with Crippen molar-refractivity contribution in [3.63, 3.8) is 0 Å². The van der Waals surface area contributed by atoms with Crippen LogP contribution >= 0.6 is 11.8 Å². The van der Waals surface area contributed by atoms with Crippen LogP contribution in [-0.2, 0) is 19.6 Å². The molecule has 3 N–H and O–H groups in total. The van der Waals surface area contributed by atoms with E-state index >= 15 is 0 Å². The average molecular weight is 420 g/mol. The van der Waals surface area contributed by atoms with Crippen LogP contribution in [0, 0.1) is 13.8 Å². The fraction of sp³-hybridized carbons (Fsp3) is 0.263. The number of amides is 2. The van der Waals surface area contributed by atoms with Crippen molar-refractivity contribution in [2.45, 2.75) is 30.1 Å². The number of sulfonamides is 1. The van der Waals surface area contributed by atoms with E-state index in [4.69, 9.17) is 5.14 Å². The van der Waals surface area contributed by atoms with Gasteiger partial charge in [-0.1, -0.05) is 12.1 Å². The van der Waals surface area contributed by atoms with Crippen molar-refractivity contribution in [3.05, 3.63) is 47.5 Å². The largest absolute Gasteiger partial charge is 0.326 e. The zero-order valence-electron chi connectivity index (χ0n) is 15.6. The van der Waals surface area contributed by atoms with E-state index in [9.17, 15) is 18.0 Å². The van der Waals surface area contributed by atoms with Gasteiger partial charge in [-0.2, -0.15) is 0 Å². The van der Waals surface area contributed by atoms with Gasteiger partial charge in [-0.15, -0.1) is 11.8 Å². The van der Waals surface area contributed by atoms with Crippen LogP contribution in [0.4, 0.5) is 11.4 Å². The standard InChI is InChI=1S/C19H21N3O4S2/c1-12-9-14(28(20,25)26)10-15(13(12)2)21-18(23)7-8-22-16-5-3-4-6-17(16)27-11-19(22)24/h3-6,9-10H,7-8,11H2,1-2H3,(H,21,23)(H2,20,25,26). The quantitative estimate of drug-likeness (QED) is 0.773. The smallest absolute Gasteiger partial charge is 0.238 e. The SMILES string of the molecule is Cc1cc(S(N)(=O)=O)cc(NC(=O)CCN2C(=O)CSc3ccccc32)c1C. The molecule has 2 aromatic carbocycles. The Hall–Kier alpha value is -2.36. The zero-order valence-corrected chi connectivity index (χ0v) is 17.2. The van der Waals surface area contributed by atoms with Gasteiger partial charge >= 0.3 is 0 Å². The summed E-state index contributed by atoms with van der Waals surface area (Å²) in [5.74, 6) is -0.00908. The van der Waals surface area contributed by atoms with Gasteiger partial charge in [-0.25, -0.2) is 13.6 Å². The van der Waals surface area contributed by atoms with Crippen LogP contribution in [0.2, 0.25) is 0 Å². The van der Waals surface area contributed by atoms with E-state index in [2.05, 4.69) is 5.32 Å². The minimum atomic E-state index is -3.88. The number of nitrogens with two attached hydrogens (primary N) is 1. The second-order valence-corrected chi connectivity index (χ2v) is 9.14. The van der Waals surface area contributed by atoms with Crippen LogP contribution in [0.25, 0.3) is 0 Å². The third-order valence-electron chi connectivity index (χ3n) is 4.61. The molecule has 1 aliphatic heterocycles. The van der Waals surface area contributed by atoms with Gasteiger partial charge in [0.2, 0.25) is 21.8 Å².